The maximum Gasteiger partial charge on any atom is 0.191 e. The van der Waals surface area contributed by atoms with Gasteiger partial charge in [0, 0.05) is 40.1 Å². The molecule has 6 heteroatoms. The molecule has 1 fully saturated rings. The average Bonchev–Trinajstić information content (AvgIpc) is 3.36. The molecule has 1 aliphatic carbocycles. The molecule has 0 unspecified atom stereocenters. The monoisotopic (exact) mass is 383 g/mol. The minimum absolute atomic E-state index is 0.331. The number of hydrogen-bond donors (Lipinski definition) is 2. The molecule has 1 aromatic carbocycles. The summed E-state index contributed by atoms with van der Waals surface area (Å²) in [6.07, 6.45) is 8.27. The predicted octanol–water partition coefficient (Wildman–Crippen LogP) is 3.44. The molecule has 0 aliphatic heterocycles. The number of hydrogen-bond acceptors (Lipinski definition) is 3. The van der Waals surface area contributed by atoms with Gasteiger partial charge in [-0.05, 0) is 49.3 Å². The van der Waals surface area contributed by atoms with Crippen LogP contribution in [0.4, 0.5) is 0 Å². The second-order valence-electron chi connectivity index (χ2n) is 7.76. The maximum absolute atomic E-state index is 5.34. The zero-order valence-corrected chi connectivity index (χ0v) is 17.4. The molecule has 1 heterocycles. The number of benzene rings is 1. The fourth-order valence-corrected chi connectivity index (χ4v) is 4.06. The Morgan fingerprint density at radius 2 is 2.00 bits per heavy atom. The molecular formula is C22H33N5O. The summed E-state index contributed by atoms with van der Waals surface area (Å²) < 4.78 is 7.27. The molecule has 0 amide bonds. The molecule has 1 saturated carbocycles. The third-order valence-electron chi connectivity index (χ3n) is 5.76. The summed E-state index contributed by atoms with van der Waals surface area (Å²) >= 11 is 0. The van der Waals surface area contributed by atoms with Crippen LogP contribution in [0.15, 0.2) is 41.5 Å². The van der Waals surface area contributed by atoms with Crippen molar-refractivity contribution >= 4 is 5.96 Å². The summed E-state index contributed by atoms with van der Waals surface area (Å²) in [5.74, 6) is 0.843. The highest BCUT2D eigenvalue weighted by molar-refractivity contribution is 5.79. The van der Waals surface area contributed by atoms with E-state index in [0.29, 0.717) is 12.0 Å². The van der Waals surface area contributed by atoms with E-state index in [-0.39, 0.29) is 0 Å². The number of nitrogens with zero attached hydrogens (tertiary/aromatic N) is 3. The Labute approximate surface area is 168 Å². The molecule has 1 aliphatic rings. The van der Waals surface area contributed by atoms with Gasteiger partial charge in [-0.1, -0.05) is 31.0 Å². The molecular weight excluding hydrogens is 350 g/mol. The van der Waals surface area contributed by atoms with Crippen molar-refractivity contribution < 1.29 is 4.74 Å². The van der Waals surface area contributed by atoms with E-state index in [4.69, 9.17) is 4.74 Å². The van der Waals surface area contributed by atoms with E-state index in [9.17, 15) is 0 Å². The quantitative estimate of drug-likeness (QED) is 0.541. The summed E-state index contributed by atoms with van der Waals surface area (Å²) in [6.45, 7) is 4.46. The van der Waals surface area contributed by atoms with Gasteiger partial charge in [0.25, 0.3) is 0 Å². The van der Waals surface area contributed by atoms with Crippen molar-refractivity contribution in [2.45, 2.75) is 45.6 Å². The largest absolute Gasteiger partial charge is 0.385 e. The van der Waals surface area contributed by atoms with Crippen LogP contribution in [0.3, 0.4) is 0 Å². The number of ether oxygens (including phenoxy) is 1. The van der Waals surface area contributed by atoms with E-state index in [1.807, 2.05) is 37.0 Å². The number of aryl methyl sites for hydroxylation is 1. The lowest BCUT2D eigenvalue weighted by atomic mass is 9.83. The van der Waals surface area contributed by atoms with Gasteiger partial charge in [0.2, 0.25) is 0 Å². The minimum Gasteiger partial charge on any atom is -0.385 e. The molecule has 6 nitrogen and oxygen atoms in total. The highest BCUT2D eigenvalue weighted by Gasteiger charge is 2.33. The summed E-state index contributed by atoms with van der Waals surface area (Å²) in [5, 5.41) is 11.6. The average molecular weight is 384 g/mol. The highest BCUT2D eigenvalue weighted by atomic mass is 16.5. The SMILES string of the molecule is CN=C(NCc1ccccc1-n1ccc(C)n1)NCC1(CCOC)CCCC1. The fourth-order valence-electron chi connectivity index (χ4n) is 4.06. The number of guanidine groups is 1. The lowest BCUT2D eigenvalue weighted by molar-refractivity contribution is 0.138. The number of para-hydroxylation sites is 1. The molecule has 2 N–H and O–H groups in total. The number of methoxy groups -OCH3 is 1. The van der Waals surface area contributed by atoms with Crippen LogP contribution in [0.2, 0.25) is 0 Å². The van der Waals surface area contributed by atoms with Gasteiger partial charge >= 0.3 is 0 Å². The Morgan fingerprint density at radius 1 is 1.21 bits per heavy atom. The van der Waals surface area contributed by atoms with Crippen molar-refractivity contribution in [3.63, 3.8) is 0 Å². The van der Waals surface area contributed by atoms with Crippen LogP contribution in [0.1, 0.15) is 43.4 Å². The number of rotatable bonds is 8. The van der Waals surface area contributed by atoms with Crippen LogP contribution < -0.4 is 10.6 Å². The number of nitrogens with one attached hydrogen (secondary N) is 2. The molecule has 0 atom stereocenters. The van der Waals surface area contributed by atoms with Crippen molar-refractivity contribution in [2.75, 3.05) is 27.3 Å². The Balaban J connectivity index is 1.60. The lowest BCUT2D eigenvalue weighted by Gasteiger charge is -2.30. The van der Waals surface area contributed by atoms with Gasteiger partial charge in [0.05, 0.1) is 11.4 Å². The summed E-state index contributed by atoms with van der Waals surface area (Å²) in [7, 11) is 3.61. The van der Waals surface area contributed by atoms with E-state index in [2.05, 4.69) is 38.9 Å². The van der Waals surface area contributed by atoms with Crippen LogP contribution in [-0.2, 0) is 11.3 Å². The third-order valence-corrected chi connectivity index (χ3v) is 5.76. The second kappa shape index (κ2) is 9.73. The molecule has 0 bridgehead atoms. The predicted molar refractivity (Wildman–Crippen MR) is 114 cm³/mol. The van der Waals surface area contributed by atoms with Gasteiger partial charge < -0.3 is 15.4 Å². The van der Waals surface area contributed by atoms with Gasteiger partial charge in [-0.3, -0.25) is 4.99 Å². The molecule has 28 heavy (non-hydrogen) atoms. The third kappa shape index (κ3) is 5.13. The Kier molecular flexibility index (Phi) is 7.09. The van der Waals surface area contributed by atoms with Gasteiger partial charge in [0.1, 0.15) is 0 Å². The minimum atomic E-state index is 0.331. The van der Waals surface area contributed by atoms with Crippen LogP contribution in [0, 0.1) is 12.3 Å². The first-order chi connectivity index (χ1) is 13.7. The van der Waals surface area contributed by atoms with E-state index in [1.54, 1.807) is 7.11 Å². The van der Waals surface area contributed by atoms with Gasteiger partial charge in [-0.2, -0.15) is 5.10 Å². The van der Waals surface area contributed by atoms with Crippen LogP contribution in [0.25, 0.3) is 5.69 Å². The number of aromatic nitrogens is 2. The lowest BCUT2D eigenvalue weighted by Crippen LogP contribution is -2.43. The first-order valence-corrected chi connectivity index (χ1v) is 10.2. The van der Waals surface area contributed by atoms with E-state index < -0.39 is 0 Å². The van der Waals surface area contributed by atoms with E-state index in [0.717, 1.165) is 36.9 Å². The van der Waals surface area contributed by atoms with E-state index >= 15 is 0 Å². The smallest absolute Gasteiger partial charge is 0.191 e. The second-order valence-corrected chi connectivity index (χ2v) is 7.76. The standard InChI is InChI=1S/C22H33N5O/c1-18-10-14-27(26-18)20-9-5-4-8-19(20)16-24-21(23-2)25-17-22(13-15-28-3)11-6-7-12-22/h4-5,8-10,14H,6-7,11-13,15-17H2,1-3H3,(H2,23,24,25). The Hall–Kier alpha value is -2.34. The first-order valence-electron chi connectivity index (χ1n) is 10.2. The number of aliphatic imine (C=N–C) groups is 1. The van der Waals surface area contributed by atoms with Crippen molar-refractivity contribution in [1.82, 2.24) is 20.4 Å². The zero-order chi connectivity index (χ0) is 19.8. The van der Waals surface area contributed by atoms with Crippen LogP contribution >= 0.6 is 0 Å². The van der Waals surface area contributed by atoms with Gasteiger partial charge in [-0.15, -0.1) is 0 Å². The van der Waals surface area contributed by atoms with Gasteiger partial charge in [-0.25, -0.2) is 4.68 Å². The topological polar surface area (TPSA) is 63.5 Å². The molecule has 0 spiro atoms. The van der Waals surface area contributed by atoms with Crippen molar-refractivity contribution in [3.05, 3.63) is 47.8 Å². The van der Waals surface area contributed by atoms with Crippen LogP contribution in [-0.4, -0.2) is 43.0 Å². The van der Waals surface area contributed by atoms with E-state index in [1.165, 1.54) is 31.2 Å². The summed E-state index contributed by atoms with van der Waals surface area (Å²) in [5.41, 5.74) is 3.62. The normalized spacial score (nSPS) is 16.3. The fraction of sp³-hybridized carbons (Fsp3) is 0.545. The molecule has 152 valence electrons. The molecule has 2 aromatic rings. The summed E-state index contributed by atoms with van der Waals surface area (Å²) in [6, 6.07) is 10.3. The Morgan fingerprint density at radius 3 is 2.68 bits per heavy atom. The molecule has 0 radical (unpaired) electrons. The van der Waals surface area contributed by atoms with Crippen molar-refractivity contribution in [1.29, 1.82) is 0 Å². The molecule has 1 aromatic heterocycles. The molecule has 0 saturated heterocycles. The summed E-state index contributed by atoms with van der Waals surface area (Å²) in [4.78, 5) is 4.42. The van der Waals surface area contributed by atoms with Crippen molar-refractivity contribution in [2.24, 2.45) is 10.4 Å². The first kappa shape index (κ1) is 20.4. The van der Waals surface area contributed by atoms with Crippen LogP contribution in [0.5, 0.6) is 0 Å². The van der Waals surface area contributed by atoms with Gasteiger partial charge in [0.15, 0.2) is 5.96 Å². The highest BCUT2D eigenvalue weighted by Crippen LogP contribution is 2.40. The zero-order valence-electron chi connectivity index (χ0n) is 17.4. The van der Waals surface area contributed by atoms with Crippen molar-refractivity contribution in [3.8, 4) is 5.69 Å². The maximum atomic E-state index is 5.34. The Bertz CT molecular complexity index is 777. The molecule has 3 rings (SSSR count).